The number of carbonyl (C=O) groups is 3. The molecular formula is C55H86O6. The monoisotopic (exact) mass is 843 g/mol. The molecule has 1 unspecified atom stereocenters. The van der Waals surface area contributed by atoms with Gasteiger partial charge < -0.3 is 14.2 Å². The van der Waals surface area contributed by atoms with Crippen LogP contribution in [0.1, 0.15) is 188 Å². The van der Waals surface area contributed by atoms with Crippen molar-refractivity contribution in [3.63, 3.8) is 0 Å². The molecule has 0 bridgehead atoms. The Balaban J connectivity index is 4.57. The highest BCUT2D eigenvalue weighted by Gasteiger charge is 2.19. The molecule has 0 radical (unpaired) electrons. The molecule has 0 saturated carbocycles. The van der Waals surface area contributed by atoms with Gasteiger partial charge in [0.25, 0.3) is 0 Å². The van der Waals surface area contributed by atoms with Crippen molar-refractivity contribution in [3.8, 4) is 0 Å². The van der Waals surface area contributed by atoms with E-state index in [9.17, 15) is 14.4 Å². The molecule has 0 amide bonds. The van der Waals surface area contributed by atoms with Crippen LogP contribution in [0.4, 0.5) is 0 Å². The lowest BCUT2D eigenvalue weighted by atomic mass is 10.1. The maximum atomic E-state index is 12.8. The molecule has 0 spiro atoms. The first-order valence-electron chi connectivity index (χ1n) is 24.1. The van der Waals surface area contributed by atoms with Gasteiger partial charge in [-0.1, -0.05) is 187 Å². The molecule has 1 atom stereocenters. The fraction of sp³-hybridized carbons (Fsp3) is 0.582. The van der Waals surface area contributed by atoms with E-state index >= 15 is 0 Å². The van der Waals surface area contributed by atoms with E-state index in [1.54, 1.807) is 0 Å². The van der Waals surface area contributed by atoms with Crippen molar-refractivity contribution in [1.29, 1.82) is 0 Å². The zero-order chi connectivity index (χ0) is 44.4. The number of ether oxygens (including phenoxy) is 3. The summed E-state index contributed by atoms with van der Waals surface area (Å²) in [6.07, 6.45) is 66.2. The average molecular weight is 843 g/mol. The first kappa shape index (κ1) is 56.8. The molecule has 0 heterocycles. The van der Waals surface area contributed by atoms with Gasteiger partial charge >= 0.3 is 17.9 Å². The summed E-state index contributed by atoms with van der Waals surface area (Å²) in [4.78, 5) is 37.8. The molecule has 6 heteroatoms. The number of unbranched alkanes of at least 4 members (excludes halogenated alkanes) is 11. The van der Waals surface area contributed by atoms with Crippen LogP contribution in [-0.4, -0.2) is 37.2 Å². The molecule has 61 heavy (non-hydrogen) atoms. The van der Waals surface area contributed by atoms with E-state index in [2.05, 4.69) is 130 Å². The van der Waals surface area contributed by atoms with Crippen LogP contribution in [0.15, 0.2) is 122 Å². The molecule has 0 aromatic rings. The molecule has 0 fully saturated rings. The summed E-state index contributed by atoms with van der Waals surface area (Å²) in [6.45, 7) is 6.23. The highest BCUT2D eigenvalue weighted by Crippen LogP contribution is 2.12. The molecule has 0 aliphatic carbocycles. The zero-order valence-corrected chi connectivity index (χ0v) is 38.9. The van der Waals surface area contributed by atoms with Crippen LogP contribution >= 0.6 is 0 Å². The molecule has 0 aromatic heterocycles. The fourth-order valence-electron chi connectivity index (χ4n) is 5.89. The maximum Gasteiger partial charge on any atom is 0.306 e. The van der Waals surface area contributed by atoms with Gasteiger partial charge in [-0.05, 0) is 103 Å². The molecule has 0 saturated heterocycles. The summed E-state index contributed by atoms with van der Waals surface area (Å²) in [5.74, 6) is -1.06. The standard InChI is InChI=1S/C55H86O6/c1-4-7-10-13-16-19-22-24-26-28-30-33-36-39-42-45-48-54(57)60-51-52(50-59-53(56)47-44-41-38-35-32-21-18-15-12-9-6-3)61-55(58)49-46-43-40-37-34-31-29-27-25-23-20-17-14-11-8-5-2/h7-8,10-11,15-21,24-27,30,32-33,39,42,52H,4-6,9,12-14,22-23,28-29,31,34-38,40-41,43-51H2,1-3H3/b10-7-,11-8-,18-15-,19-16-,20-17-,26-24-,27-25-,32-21-,33-30-,42-39-. The number of rotatable bonds is 41. The Labute approximate surface area is 373 Å². The molecule has 6 nitrogen and oxygen atoms in total. The quantitative estimate of drug-likeness (QED) is 0.0201. The van der Waals surface area contributed by atoms with Crippen LogP contribution in [-0.2, 0) is 28.6 Å². The Kier molecular flexibility index (Phi) is 45.1. The number of carbonyl (C=O) groups excluding carboxylic acids is 3. The van der Waals surface area contributed by atoms with Crippen LogP contribution in [0.5, 0.6) is 0 Å². The van der Waals surface area contributed by atoms with E-state index in [-0.39, 0.29) is 44.0 Å². The third kappa shape index (κ3) is 46.7. The third-order valence-electron chi connectivity index (χ3n) is 9.47. The number of hydrogen-bond donors (Lipinski definition) is 0. The van der Waals surface area contributed by atoms with Crippen molar-refractivity contribution in [2.24, 2.45) is 0 Å². The average Bonchev–Trinajstić information content (AvgIpc) is 3.26. The van der Waals surface area contributed by atoms with Crippen molar-refractivity contribution >= 4 is 17.9 Å². The lowest BCUT2D eigenvalue weighted by Crippen LogP contribution is -2.30. The highest BCUT2D eigenvalue weighted by molar-refractivity contribution is 5.71. The molecule has 0 N–H and O–H groups in total. The van der Waals surface area contributed by atoms with Crippen molar-refractivity contribution in [1.82, 2.24) is 0 Å². The summed E-state index contributed by atoms with van der Waals surface area (Å²) in [6, 6.07) is 0. The van der Waals surface area contributed by atoms with Gasteiger partial charge in [0.15, 0.2) is 6.10 Å². The Morgan fingerprint density at radius 2 is 0.721 bits per heavy atom. The molecule has 0 rings (SSSR count). The predicted octanol–water partition coefficient (Wildman–Crippen LogP) is 15.7. The van der Waals surface area contributed by atoms with Gasteiger partial charge in [0.05, 0.1) is 0 Å². The molecule has 0 aliphatic heterocycles. The minimum absolute atomic E-state index is 0.124. The lowest BCUT2D eigenvalue weighted by Gasteiger charge is -2.18. The highest BCUT2D eigenvalue weighted by atomic mass is 16.6. The SMILES string of the molecule is CC/C=C\C/C=C\C/C=C\C/C=C\C/C=C\CCC(=O)OCC(COC(=O)CCCCC/C=C\C=C/CCCC)OC(=O)CCCCCCCC/C=C\C/C=C\C/C=C\CC. The normalized spacial score (nSPS) is 13.2. The molecule has 0 aliphatic rings. The lowest BCUT2D eigenvalue weighted by molar-refractivity contribution is -0.166. The zero-order valence-electron chi connectivity index (χ0n) is 38.9. The minimum atomic E-state index is -0.828. The Bertz CT molecular complexity index is 1340. The number of hydrogen-bond acceptors (Lipinski definition) is 6. The molecular weight excluding hydrogens is 757 g/mol. The van der Waals surface area contributed by atoms with E-state index < -0.39 is 6.10 Å². The van der Waals surface area contributed by atoms with Crippen LogP contribution in [0.25, 0.3) is 0 Å². The van der Waals surface area contributed by atoms with Crippen molar-refractivity contribution in [2.75, 3.05) is 13.2 Å². The van der Waals surface area contributed by atoms with Crippen molar-refractivity contribution < 1.29 is 28.6 Å². The predicted molar refractivity (Wildman–Crippen MR) is 260 cm³/mol. The molecule has 0 aromatic carbocycles. The van der Waals surface area contributed by atoms with Gasteiger partial charge in [-0.3, -0.25) is 14.4 Å². The Morgan fingerprint density at radius 1 is 0.361 bits per heavy atom. The van der Waals surface area contributed by atoms with E-state index in [1.807, 2.05) is 12.2 Å². The minimum Gasteiger partial charge on any atom is -0.462 e. The van der Waals surface area contributed by atoms with E-state index in [0.29, 0.717) is 12.8 Å². The largest absolute Gasteiger partial charge is 0.462 e. The smallest absolute Gasteiger partial charge is 0.306 e. The Morgan fingerprint density at radius 3 is 1.21 bits per heavy atom. The summed E-state index contributed by atoms with van der Waals surface area (Å²) >= 11 is 0. The first-order chi connectivity index (χ1) is 30.0. The second kappa shape index (κ2) is 48.5. The summed E-state index contributed by atoms with van der Waals surface area (Å²) in [7, 11) is 0. The van der Waals surface area contributed by atoms with E-state index in [0.717, 1.165) is 116 Å². The van der Waals surface area contributed by atoms with Crippen molar-refractivity contribution in [2.45, 2.75) is 194 Å². The summed E-state index contributed by atoms with van der Waals surface area (Å²) in [5, 5.41) is 0. The van der Waals surface area contributed by atoms with Crippen LogP contribution in [0.3, 0.4) is 0 Å². The first-order valence-corrected chi connectivity index (χ1v) is 24.1. The van der Waals surface area contributed by atoms with E-state index in [1.165, 1.54) is 25.7 Å². The summed E-state index contributed by atoms with van der Waals surface area (Å²) < 4.78 is 16.6. The summed E-state index contributed by atoms with van der Waals surface area (Å²) in [5.41, 5.74) is 0. The van der Waals surface area contributed by atoms with Gasteiger partial charge in [0.2, 0.25) is 0 Å². The van der Waals surface area contributed by atoms with Gasteiger partial charge in [0.1, 0.15) is 13.2 Å². The van der Waals surface area contributed by atoms with Crippen molar-refractivity contribution in [3.05, 3.63) is 122 Å². The van der Waals surface area contributed by atoms with E-state index in [4.69, 9.17) is 14.2 Å². The Hall–Kier alpha value is -4.19. The number of allylic oxidation sites excluding steroid dienone is 20. The maximum absolute atomic E-state index is 12.8. The second-order valence-corrected chi connectivity index (χ2v) is 15.3. The number of esters is 3. The fourth-order valence-corrected chi connectivity index (χ4v) is 5.89. The van der Waals surface area contributed by atoms with Gasteiger partial charge in [-0.15, -0.1) is 0 Å². The van der Waals surface area contributed by atoms with Crippen LogP contribution in [0.2, 0.25) is 0 Å². The topological polar surface area (TPSA) is 78.9 Å². The van der Waals surface area contributed by atoms with Gasteiger partial charge in [-0.2, -0.15) is 0 Å². The third-order valence-corrected chi connectivity index (χ3v) is 9.47. The van der Waals surface area contributed by atoms with Gasteiger partial charge in [0, 0.05) is 19.3 Å². The van der Waals surface area contributed by atoms with Crippen LogP contribution in [0, 0.1) is 0 Å². The molecule has 342 valence electrons. The van der Waals surface area contributed by atoms with Gasteiger partial charge in [-0.25, -0.2) is 0 Å². The second-order valence-electron chi connectivity index (χ2n) is 15.3. The van der Waals surface area contributed by atoms with Crippen LogP contribution < -0.4 is 0 Å².